The third-order valence-electron chi connectivity index (χ3n) is 3.39. The van der Waals surface area contributed by atoms with E-state index in [9.17, 15) is 4.79 Å². The summed E-state index contributed by atoms with van der Waals surface area (Å²) in [5, 5.41) is 0. The third-order valence-corrected chi connectivity index (χ3v) is 3.59. The van der Waals surface area contributed by atoms with Gasteiger partial charge in [0.1, 0.15) is 0 Å². The Morgan fingerprint density at radius 1 is 1.28 bits per heavy atom. The second-order valence-corrected chi connectivity index (χ2v) is 5.27. The first kappa shape index (κ1) is 15.3. The number of carbonyl (C=O) groups is 1. The van der Waals surface area contributed by atoms with Crippen molar-refractivity contribution in [1.82, 2.24) is 14.7 Å². The molecule has 0 radical (unpaired) electrons. The van der Waals surface area contributed by atoms with Gasteiger partial charge in [0.2, 0.25) is 5.91 Å². The van der Waals surface area contributed by atoms with Crippen molar-refractivity contribution in [3.8, 4) is 0 Å². The first-order chi connectivity index (χ1) is 8.52. The van der Waals surface area contributed by atoms with Crippen molar-refractivity contribution >= 4 is 23.1 Å². The number of thiocarbonyl (C=S) groups is 1. The van der Waals surface area contributed by atoms with Crippen LogP contribution in [0.3, 0.4) is 0 Å². The van der Waals surface area contributed by atoms with Gasteiger partial charge in [0.15, 0.2) is 0 Å². The number of likely N-dealkylation sites (N-methyl/N-ethyl adjacent to an activating group) is 2. The molecule has 104 valence electrons. The molecular weight excluding hydrogens is 248 g/mol. The van der Waals surface area contributed by atoms with Gasteiger partial charge in [-0.1, -0.05) is 19.1 Å². The molecule has 1 heterocycles. The van der Waals surface area contributed by atoms with Crippen molar-refractivity contribution in [1.29, 1.82) is 0 Å². The van der Waals surface area contributed by atoms with Gasteiger partial charge in [-0.25, -0.2) is 0 Å². The summed E-state index contributed by atoms with van der Waals surface area (Å²) in [6.45, 7) is 8.45. The maximum absolute atomic E-state index is 12.0. The molecule has 1 rings (SSSR count). The lowest BCUT2D eigenvalue weighted by atomic mass is 10.3. The van der Waals surface area contributed by atoms with Gasteiger partial charge >= 0.3 is 0 Å². The first-order valence-corrected chi connectivity index (χ1v) is 6.90. The Kier molecular flexibility index (Phi) is 6.52. The summed E-state index contributed by atoms with van der Waals surface area (Å²) in [7, 11) is 1.81. The zero-order valence-corrected chi connectivity index (χ0v) is 12.2. The minimum absolute atomic E-state index is 0.149. The number of rotatable bonds is 6. The van der Waals surface area contributed by atoms with Crippen LogP contribution < -0.4 is 5.73 Å². The van der Waals surface area contributed by atoms with Crippen LogP contribution in [0.4, 0.5) is 0 Å². The molecule has 18 heavy (non-hydrogen) atoms. The second kappa shape index (κ2) is 7.66. The van der Waals surface area contributed by atoms with Crippen LogP contribution in [0.25, 0.3) is 0 Å². The van der Waals surface area contributed by atoms with Crippen LogP contribution >= 0.6 is 12.2 Å². The van der Waals surface area contributed by atoms with E-state index in [0.717, 1.165) is 32.7 Å². The molecule has 0 atom stereocenters. The highest BCUT2D eigenvalue weighted by molar-refractivity contribution is 7.80. The summed E-state index contributed by atoms with van der Waals surface area (Å²) in [6.07, 6.45) is 0.598. The van der Waals surface area contributed by atoms with Crippen molar-refractivity contribution in [3.05, 3.63) is 0 Å². The van der Waals surface area contributed by atoms with Crippen LogP contribution in [0.1, 0.15) is 13.3 Å². The molecule has 6 heteroatoms. The van der Waals surface area contributed by atoms with Gasteiger partial charge in [0, 0.05) is 46.2 Å². The molecule has 5 nitrogen and oxygen atoms in total. The zero-order chi connectivity index (χ0) is 13.5. The molecule has 0 saturated carbocycles. The number of nitrogens with zero attached hydrogens (tertiary/aromatic N) is 3. The van der Waals surface area contributed by atoms with Crippen LogP contribution in [0.15, 0.2) is 0 Å². The highest BCUT2D eigenvalue weighted by Gasteiger charge is 2.19. The molecule has 1 amide bonds. The molecule has 0 aromatic heterocycles. The van der Waals surface area contributed by atoms with Gasteiger partial charge in [-0.3, -0.25) is 9.69 Å². The molecule has 1 fully saturated rings. The first-order valence-electron chi connectivity index (χ1n) is 6.50. The van der Waals surface area contributed by atoms with Gasteiger partial charge in [0.05, 0.1) is 11.5 Å². The molecule has 0 aliphatic carbocycles. The quantitative estimate of drug-likeness (QED) is 0.676. The van der Waals surface area contributed by atoms with E-state index in [1.807, 2.05) is 7.05 Å². The lowest BCUT2D eigenvalue weighted by Crippen LogP contribution is -2.49. The molecule has 0 bridgehead atoms. The lowest BCUT2D eigenvalue weighted by molar-refractivity contribution is -0.131. The fraction of sp³-hybridized carbons (Fsp3) is 0.833. The van der Waals surface area contributed by atoms with Crippen molar-refractivity contribution in [2.75, 3.05) is 52.9 Å². The van der Waals surface area contributed by atoms with Gasteiger partial charge < -0.3 is 15.5 Å². The normalized spacial score (nSPS) is 17.7. The largest absolute Gasteiger partial charge is 0.393 e. The van der Waals surface area contributed by atoms with E-state index in [1.54, 1.807) is 4.90 Å². The Labute approximate surface area is 115 Å². The Balaban J connectivity index is 2.25. The fourth-order valence-corrected chi connectivity index (χ4v) is 2.07. The fourth-order valence-electron chi connectivity index (χ4n) is 1.98. The van der Waals surface area contributed by atoms with E-state index in [1.165, 1.54) is 0 Å². The molecule has 1 aliphatic rings. The van der Waals surface area contributed by atoms with Crippen LogP contribution in [-0.4, -0.2) is 78.5 Å². The highest BCUT2D eigenvalue weighted by atomic mass is 32.1. The summed E-state index contributed by atoms with van der Waals surface area (Å²) in [5.74, 6) is 0.149. The summed E-state index contributed by atoms with van der Waals surface area (Å²) in [4.78, 5) is 18.8. The minimum Gasteiger partial charge on any atom is -0.393 e. The second-order valence-electron chi connectivity index (χ2n) is 4.74. The number of carbonyl (C=O) groups excluding carboxylic acids is 1. The average molecular weight is 272 g/mol. The Bertz CT molecular complexity index is 290. The monoisotopic (exact) mass is 272 g/mol. The van der Waals surface area contributed by atoms with E-state index in [-0.39, 0.29) is 5.91 Å². The molecule has 0 aromatic carbocycles. The molecule has 1 aliphatic heterocycles. The summed E-state index contributed by atoms with van der Waals surface area (Å²) < 4.78 is 0. The SMILES string of the molecule is CCN1CCN(CC(=O)N(C)CCC(N)=S)CC1. The molecule has 0 unspecified atom stereocenters. The lowest BCUT2D eigenvalue weighted by Gasteiger charge is -2.34. The van der Waals surface area contributed by atoms with Crippen LogP contribution in [0.5, 0.6) is 0 Å². The number of hydrogen-bond donors (Lipinski definition) is 1. The van der Waals surface area contributed by atoms with E-state index in [0.29, 0.717) is 24.5 Å². The highest BCUT2D eigenvalue weighted by Crippen LogP contribution is 2.02. The number of amides is 1. The third kappa shape index (κ3) is 5.29. The van der Waals surface area contributed by atoms with Crippen LogP contribution in [-0.2, 0) is 4.79 Å². The molecule has 0 spiro atoms. The Morgan fingerprint density at radius 2 is 1.83 bits per heavy atom. The van der Waals surface area contributed by atoms with E-state index < -0.39 is 0 Å². The smallest absolute Gasteiger partial charge is 0.236 e. The zero-order valence-electron chi connectivity index (χ0n) is 11.4. The van der Waals surface area contributed by atoms with E-state index >= 15 is 0 Å². The van der Waals surface area contributed by atoms with Gasteiger partial charge in [-0.15, -0.1) is 0 Å². The summed E-state index contributed by atoms with van der Waals surface area (Å²) in [5.41, 5.74) is 5.43. The standard InChI is InChI=1S/C12H24N4OS/c1-3-15-6-8-16(9-7-15)10-12(17)14(2)5-4-11(13)18/h3-10H2,1-2H3,(H2,13,18). The minimum atomic E-state index is 0.149. The van der Waals surface area contributed by atoms with Gasteiger partial charge in [0.25, 0.3) is 0 Å². The predicted octanol–water partition coefficient (Wildman–Crippen LogP) is -0.241. The van der Waals surface area contributed by atoms with Crippen molar-refractivity contribution in [2.45, 2.75) is 13.3 Å². The predicted molar refractivity (Wildman–Crippen MR) is 77.6 cm³/mol. The molecular formula is C12H24N4OS. The van der Waals surface area contributed by atoms with Crippen LogP contribution in [0, 0.1) is 0 Å². The van der Waals surface area contributed by atoms with Gasteiger partial charge in [-0.2, -0.15) is 0 Å². The Morgan fingerprint density at radius 3 is 2.33 bits per heavy atom. The molecule has 0 aromatic rings. The summed E-state index contributed by atoms with van der Waals surface area (Å²) in [6, 6.07) is 0. The number of hydrogen-bond acceptors (Lipinski definition) is 4. The van der Waals surface area contributed by atoms with Crippen molar-refractivity contribution < 1.29 is 4.79 Å². The van der Waals surface area contributed by atoms with Crippen LogP contribution in [0.2, 0.25) is 0 Å². The summed E-state index contributed by atoms with van der Waals surface area (Å²) >= 11 is 4.81. The number of nitrogens with two attached hydrogens (primary N) is 1. The topological polar surface area (TPSA) is 52.8 Å². The van der Waals surface area contributed by atoms with Crippen molar-refractivity contribution in [2.24, 2.45) is 5.73 Å². The maximum atomic E-state index is 12.0. The number of piperazine rings is 1. The molecule has 2 N–H and O–H groups in total. The van der Waals surface area contributed by atoms with Gasteiger partial charge in [-0.05, 0) is 6.54 Å². The maximum Gasteiger partial charge on any atom is 0.236 e. The average Bonchev–Trinajstić information content (AvgIpc) is 2.36. The van der Waals surface area contributed by atoms with Crippen molar-refractivity contribution in [3.63, 3.8) is 0 Å². The Hall–Kier alpha value is -0.720. The molecule has 1 saturated heterocycles. The van der Waals surface area contributed by atoms with E-state index in [2.05, 4.69) is 16.7 Å². The van der Waals surface area contributed by atoms with E-state index in [4.69, 9.17) is 18.0 Å².